The number of nitrogens with zero attached hydrogens (tertiary/aromatic N) is 3. The zero-order valence-corrected chi connectivity index (χ0v) is 21.3. The van der Waals surface area contributed by atoms with E-state index in [-0.39, 0.29) is 11.6 Å². The predicted octanol–water partition coefficient (Wildman–Crippen LogP) is 4.80. The van der Waals surface area contributed by atoms with E-state index in [2.05, 4.69) is 34.9 Å². The van der Waals surface area contributed by atoms with Gasteiger partial charge in [0.1, 0.15) is 11.6 Å². The number of hydrogen-bond donors (Lipinski definition) is 1. The maximum absolute atomic E-state index is 12.5. The monoisotopic (exact) mass is 471 g/mol. The van der Waals surface area contributed by atoms with Gasteiger partial charge in [-0.25, -0.2) is 9.59 Å². The summed E-state index contributed by atoms with van der Waals surface area (Å²) in [6.07, 6.45) is 6.81. The van der Waals surface area contributed by atoms with E-state index in [1.165, 1.54) is 24.0 Å². The van der Waals surface area contributed by atoms with Crippen LogP contribution >= 0.6 is 0 Å². The minimum Gasteiger partial charge on any atom is -0.480 e. The summed E-state index contributed by atoms with van der Waals surface area (Å²) in [6.45, 7) is 12.0. The first-order chi connectivity index (χ1) is 16.1. The summed E-state index contributed by atoms with van der Waals surface area (Å²) in [4.78, 5) is 30.9. The average molecular weight is 472 g/mol. The van der Waals surface area contributed by atoms with E-state index >= 15 is 0 Å². The minimum absolute atomic E-state index is 0.136. The molecule has 0 bridgehead atoms. The maximum atomic E-state index is 12.5. The van der Waals surface area contributed by atoms with Gasteiger partial charge in [0.05, 0.1) is 0 Å². The zero-order chi connectivity index (χ0) is 24.5. The van der Waals surface area contributed by atoms with E-state index in [9.17, 15) is 14.7 Å². The number of carbonyl (C=O) groups is 2. The Balaban J connectivity index is 1.46. The van der Waals surface area contributed by atoms with Crippen LogP contribution in [0.25, 0.3) is 0 Å². The first-order valence-electron chi connectivity index (χ1n) is 12.9. The highest BCUT2D eigenvalue weighted by molar-refractivity contribution is 5.78. The molecular formula is C27H41N3O4. The second-order valence-corrected chi connectivity index (χ2v) is 11.4. The summed E-state index contributed by atoms with van der Waals surface area (Å²) >= 11 is 0. The molecule has 1 aromatic rings. The average Bonchev–Trinajstić information content (AvgIpc) is 3.14. The van der Waals surface area contributed by atoms with Gasteiger partial charge >= 0.3 is 12.1 Å². The van der Waals surface area contributed by atoms with Crippen LogP contribution in [0.2, 0.25) is 0 Å². The molecule has 7 heteroatoms. The van der Waals surface area contributed by atoms with Crippen LogP contribution < -0.4 is 4.90 Å². The Bertz CT molecular complexity index is 902. The standard InChI is InChI=1S/C27H41N3O4/c1-20-16-21(18-22(17-20)30-13-6-5-8-23(30)24(31)32)19-29-12-7-9-27(29)10-14-28(15-11-27)25(33)34-26(2,3)4/h16-18,23H,5-15,19H2,1-4H3,(H,31,32)/t23-/m0/s1. The van der Waals surface area contributed by atoms with Gasteiger partial charge in [0.15, 0.2) is 0 Å². The number of carbonyl (C=O) groups excluding carboxylic acids is 1. The fourth-order valence-electron chi connectivity index (χ4n) is 6.05. The third-order valence-electron chi connectivity index (χ3n) is 7.70. The molecule has 1 spiro atoms. The third-order valence-corrected chi connectivity index (χ3v) is 7.70. The first-order valence-corrected chi connectivity index (χ1v) is 12.9. The molecule has 7 nitrogen and oxygen atoms in total. The quantitative estimate of drug-likeness (QED) is 0.680. The Morgan fingerprint density at radius 1 is 1.03 bits per heavy atom. The molecule has 1 amide bonds. The van der Waals surface area contributed by atoms with E-state index in [4.69, 9.17) is 4.74 Å². The van der Waals surface area contributed by atoms with E-state index < -0.39 is 17.6 Å². The number of amides is 1. The number of aryl methyl sites for hydroxylation is 1. The number of rotatable bonds is 4. The van der Waals surface area contributed by atoms with Crippen LogP contribution in [-0.4, -0.2) is 70.3 Å². The van der Waals surface area contributed by atoms with Crippen LogP contribution in [0.3, 0.4) is 0 Å². The van der Waals surface area contributed by atoms with Crippen LogP contribution in [0.5, 0.6) is 0 Å². The SMILES string of the molecule is Cc1cc(CN2CCCC23CCN(C(=O)OC(C)(C)C)CC3)cc(N2CCCC[C@H]2C(=O)O)c1. The number of hydrogen-bond acceptors (Lipinski definition) is 5. The van der Waals surface area contributed by atoms with Crippen molar-refractivity contribution in [3.63, 3.8) is 0 Å². The molecule has 4 rings (SSSR count). The molecule has 0 radical (unpaired) electrons. The molecule has 1 N–H and O–H groups in total. The molecule has 3 heterocycles. The van der Waals surface area contributed by atoms with Gasteiger partial charge < -0.3 is 19.6 Å². The van der Waals surface area contributed by atoms with Crippen molar-refractivity contribution in [3.8, 4) is 0 Å². The van der Waals surface area contributed by atoms with Crippen molar-refractivity contribution < 1.29 is 19.4 Å². The van der Waals surface area contributed by atoms with Crippen LogP contribution in [0.15, 0.2) is 18.2 Å². The topological polar surface area (TPSA) is 73.3 Å². The van der Waals surface area contributed by atoms with Gasteiger partial charge in [-0.2, -0.15) is 0 Å². The number of benzene rings is 1. The highest BCUT2D eigenvalue weighted by Gasteiger charge is 2.44. The Morgan fingerprint density at radius 2 is 1.76 bits per heavy atom. The Labute approximate surface area is 204 Å². The largest absolute Gasteiger partial charge is 0.480 e. The summed E-state index contributed by atoms with van der Waals surface area (Å²) in [5, 5.41) is 9.74. The molecule has 1 atom stereocenters. The number of ether oxygens (including phenoxy) is 1. The second-order valence-electron chi connectivity index (χ2n) is 11.4. The van der Waals surface area contributed by atoms with Crippen molar-refractivity contribution in [2.75, 3.05) is 31.1 Å². The fourth-order valence-corrected chi connectivity index (χ4v) is 6.05. The van der Waals surface area contributed by atoms with Crippen molar-refractivity contribution in [2.45, 2.75) is 96.4 Å². The molecule has 188 valence electrons. The lowest BCUT2D eigenvalue weighted by Crippen LogP contribution is -2.53. The number of carboxylic acid groups (broad SMARTS) is 1. The molecule has 3 aliphatic rings. The van der Waals surface area contributed by atoms with Crippen LogP contribution in [0.4, 0.5) is 10.5 Å². The van der Waals surface area contributed by atoms with Crippen molar-refractivity contribution in [2.24, 2.45) is 0 Å². The predicted molar refractivity (Wildman–Crippen MR) is 133 cm³/mol. The van der Waals surface area contributed by atoms with Crippen molar-refractivity contribution in [1.82, 2.24) is 9.80 Å². The molecule has 3 fully saturated rings. The Kier molecular flexibility index (Phi) is 7.13. The lowest BCUT2D eigenvalue weighted by atomic mass is 9.84. The van der Waals surface area contributed by atoms with Gasteiger partial charge in [-0.05, 0) is 102 Å². The van der Waals surface area contributed by atoms with Gasteiger partial charge in [0.25, 0.3) is 0 Å². The van der Waals surface area contributed by atoms with Crippen LogP contribution in [0, 0.1) is 6.92 Å². The zero-order valence-electron chi connectivity index (χ0n) is 21.3. The Morgan fingerprint density at radius 3 is 2.44 bits per heavy atom. The minimum atomic E-state index is -0.724. The summed E-state index contributed by atoms with van der Waals surface area (Å²) in [5.41, 5.74) is 3.13. The highest BCUT2D eigenvalue weighted by Crippen LogP contribution is 2.40. The smallest absolute Gasteiger partial charge is 0.410 e. The summed E-state index contributed by atoms with van der Waals surface area (Å²) in [6, 6.07) is 6.14. The number of likely N-dealkylation sites (tertiary alicyclic amines) is 2. The van der Waals surface area contributed by atoms with Crippen molar-refractivity contribution in [3.05, 3.63) is 29.3 Å². The summed E-state index contributed by atoms with van der Waals surface area (Å²) in [7, 11) is 0. The molecule has 0 aromatic heterocycles. The van der Waals surface area contributed by atoms with Crippen molar-refractivity contribution >= 4 is 17.7 Å². The van der Waals surface area contributed by atoms with Gasteiger partial charge in [0, 0.05) is 37.4 Å². The lowest BCUT2D eigenvalue weighted by molar-refractivity contribution is -0.139. The number of piperidine rings is 2. The highest BCUT2D eigenvalue weighted by atomic mass is 16.6. The number of aliphatic carboxylic acids is 1. The van der Waals surface area contributed by atoms with Crippen LogP contribution in [-0.2, 0) is 16.1 Å². The fraction of sp³-hybridized carbons (Fsp3) is 0.704. The molecule has 0 unspecified atom stereocenters. The molecule has 0 saturated carbocycles. The first kappa shape index (κ1) is 24.8. The van der Waals surface area contributed by atoms with Gasteiger partial charge in [-0.15, -0.1) is 0 Å². The van der Waals surface area contributed by atoms with Gasteiger partial charge in [0.2, 0.25) is 0 Å². The van der Waals surface area contributed by atoms with E-state index in [1.807, 2.05) is 25.7 Å². The molecule has 34 heavy (non-hydrogen) atoms. The second kappa shape index (κ2) is 9.76. The van der Waals surface area contributed by atoms with E-state index in [1.54, 1.807) is 0 Å². The van der Waals surface area contributed by atoms with E-state index in [0.717, 1.165) is 64.1 Å². The van der Waals surface area contributed by atoms with Gasteiger partial charge in [-0.1, -0.05) is 6.07 Å². The lowest BCUT2D eigenvalue weighted by Gasteiger charge is -2.45. The molecule has 1 aromatic carbocycles. The van der Waals surface area contributed by atoms with Crippen molar-refractivity contribution in [1.29, 1.82) is 0 Å². The van der Waals surface area contributed by atoms with E-state index in [0.29, 0.717) is 6.42 Å². The molecule has 3 saturated heterocycles. The summed E-state index contributed by atoms with van der Waals surface area (Å²) < 4.78 is 5.59. The van der Waals surface area contributed by atoms with Gasteiger partial charge in [-0.3, -0.25) is 4.90 Å². The molecular weight excluding hydrogens is 430 g/mol. The number of anilines is 1. The molecule has 3 aliphatic heterocycles. The summed E-state index contributed by atoms with van der Waals surface area (Å²) in [5.74, 6) is -0.724. The third kappa shape index (κ3) is 5.51. The molecule has 0 aliphatic carbocycles. The normalized spacial score (nSPS) is 23.4. The number of carboxylic acids is 1. The van der Waals surface area contributed by atoms with Crippen LogP contribution in [0.1, 0.15) is 76.8 Å². The Hall–Kier alpha value is -2.28. The maximum Gasteiger partial charge on any atom is 0.410 e.